The van der Waals surface area contributed by atoms with Crippen molar-refractivity contribution in [1.29, 1.82) is 0 Å². The zero-order valence-electron chi connectivity index (χ0n) is 14.9. The van der Waals surface area contributed by atoms with Crippen molar-refractivity contribution in [2.75, 3.05) is 6.54 Å². The average Bonchev–Trinajstić information content (AvgIpc) is 3.06. The Morgan fingerprint density at radius 1 is 1.25 bits per heavy atom. The number of rotatable bonds is 3. The lowest BCUT2D eigenvalue weighted by Gasteiger charge is -2.30. The summed E-state index contributed by atoms with van der Waals surface area (Å²) < 4.78 is 53.4. The fraction of sp³-hybridized carbons (Fsp3) is 0.444. The molecule has 0 saturated heterocycles. The highest BCUT2D eigenvalue weighted by atomic mass is 19.4. The van der Waals surface area contributed by atoms with Crippen LogP contribution in [0.3, 0.4) is 0 Å². The number of aromatic nitrogens is 2. The van der Waals surface area contributed by atoms with Gasteiger partial charge in [0.15, 0.2) is 5.83 Å². The smallest absolute Gasteiger partial charge is 0.367 e. The molecular formula is C18H20F4N6. The molecule has 2 aromatic heterocycles. The maximum absolute atomic E-state index is 14.3. The number of aliphatic imine (C=N–C) groups is 1. The number of alkyl halides is 3. The summed E-state index contributed by atoms with van der Waals surface area (Å²) in [5, 5.41) is 6.30. The molecule has 0 spiro atoms. The van der Waals surface area contributed by atoms with Crippen LogP contribution in [0, 0.1) is 0 Å². The van der Waals surface area contributed by atoms with E-state index in [1.54, 1.807) is 0 Å². The molecule has 150 valence electrons. The van der Waals surface area contributed by atoms with Gasteiger partial charge >= 0.3 is 6.18 Å². The van der Waals surface area contributed by atoms with Crippen LogP contribution >= 0.6 is 0 Å². The number of amidine groups is 1. The van der Waals surface area contributed by atoms with Crippen molar-refractivity contribution in [1.82, 2.24) is 20.6 Å². The van der Waals surface area contributed by atoms with E-state index in [0.717, 1.165) is 37.9 Å². The van der Waals surface area contributed by atoms with Crippen molar-refractivity contribution in [2.24, 2.45) is 10.7 Å². The second-order valence-electron chi connectivity index (χ2n) is 7.16. The second kappa shape index (κ2) is 7.08. The first kappa shape index (κ1) is 18.7. The number of nitrogens with one attached hydrogen (secondary N) is 3. The summed E-state index contributed by atoms with van der Waals surface area (Å²) in [6.07, 6.45) is 1.31. The molecule has 6 nitrogen and oxygen atoms in total. The lowest BCUT2D eigenvalue weighted by molar-refractivity contribution is -0.137. The Kier molecular flexibility index (Phi) is 4.74. The molecule has 28 heavy (non-hydrogen) atoms. The van der Waals surface area contributed by atoms with E-state index >= 15 is 0 Å². The molecule has 10 heteroatoms. The highest BCUT2D eigenvalue weighted by Crippen LogP contribution is 2.31. The van der Waals surface area contributed by atoms with Gasteiger partial charge in [-0.2, -0.15) is 13.2 Å². The van der Waals surface area contributed by atoms with Crippen LogP contribution in [-0.4, -0.2) is 34.4 Å². The van der Waals surface area contributed by atoms with Crippen LogP contribution in [0.15, 0.2) is 35.1 Å². The number of H-pyrrole nitrogens is 1. The van der Waals surface area contributed by atoms with Gasteiger partial charge in [0.25, 0.3) is 0 Å². The van der Waals surface area contributed by atoms with Gasteiger partial charge < -0.3 is 21.4 Å². The van der Waals surface area contributed by atoms with E-state index in [-0.39, 0.29) is 35.7 Å². The summed E-state index contributed by atoms with van der Waals surface area (Å²) in [6.45, 7) is -0.192. The van der Waals surface area contributed by atoms with Gasteiger partial charge in [0.1, 0.15) is 17.3 Å². The van der Waals surface area contributed by atoms with Gasteiger partial charge in [-0.25, -0.2) is 9.37 Å². The minimum Gasteiger partial charge on any atom is -0.367 e. The van der Waals surface area contributed by atoms with E-state index in [9.17, 15) is 17.6 Å². The highest BCUT2D eigenvalue weighted by Gasteiger charge is 2.32. The van der Waals surface area contributed by atoms with Crippen LogP contribution in [0.5, 0.6) is 0 Å². The molecule has 1 aliphatic heterocycles. The minimum absolute atomic E-state index is 0.0396. The Morgan fingerprint density at radius 2 is 2.07 bits per heavy atom. The Hall–Kier alpha value is -2.62. The summed E-state index contributed by atoms with van der Waals surface area (Å²) in [5.41, 5.74) is 5.84. The van der Waals surface area contributed by atoms with E-state index in [1.165, 1.54) is 6.20 Å². The van der Waals surface area contributed by atoms with Crippen LogP contribution < -0.4 is 16.4 Å². The third-order valence-electron chi connectivity index (χ3n) is 5.07. The number of hydrogen-bond acceptors (Lipinski definition) is 5. The summed E-state index contributed by atoms with van der Waals surface area (Å²) in [4.78, 5) is 10.8. The van der Waals surface area contributed by atoms with Gasteiger partial charge in [0, 0.05) is 35.4 Å². The molecule has 3 heterocycles. The number of fused-ring (bicyclic) bond motifs is 1. The normalized spacial score (nSPS) is 23.5. The molecule has 0 radical (unpaired) electrons. The van der Waals surface area contributed by atoms with Crippen molar-refractivity contribution in [3.05, 3.63) is 41.2 Å². The zero-order chi connectivity index (χ0) is 19.9. The van der Waals surface area contributed by atoms with Gasteiger partial charge in [0.2, 0.25) is 0 Å². The van der Waals surface area contributed by atoms with Gasteiger partial charge in [-0.15, -0.1) is 0 Å². The molecule has 1 fully saturated rings. The molecule has 0 unspecified atom stereocenters. The van der Waals surface area contributed by atoms with Gasteiger partial charge in [0.05, 0.1) is 12.1 Å². The number of nitrogens with zero attached hydrogens (tertiary/aromatic N) is 2. The third-order valence-corrected chi connectivity index (χ3v) is 5.07. The van der Waals surface area contributed by atoms with Crippen LogP contribution in [-0.2, 0) is 6.18 Å². The van der Waals surface area contributed by atoms with Crippen LogP contribution in [0.1, 0.15) is 36.8 Å². The molecular weight excluding hydrogens is 376 g/mol. The quantitative estimate of drug-likeness (QED) is 0.601. The Morgan fingerprint density at radius 3 is 2.82 bits per heavy atom. The molecule has 4 rings (SSSR count). The second-order valence-corrected chi connectivity index (χ2v) is 7.16. The Labute approximate surface area is 158 Å². The van der Waals surface area contributed by atoms with Crippen molar-refractivity contribution in [3.63, 3.8) is 0 Å². The molecule has 2 aromatic rings. The van der Waals surface area contributed by atoms with E-state index in [1.807, 2.05) is 0 Å². The maximum atomic E-state index is 14.3. The topological polar surface area (TPSA) is 91.1 Å². The largest absolute Gasteiger partial charge is 0.417 e. The monoisotopic (exact) mass is 396 g/mol. The molecule has 0 amide bonds. The molecule has 5 N–H and O–H groups in total. The average molecular weight is 396 g/mol. The van der Waals surface area contributed by atoms with Crippen molar-refractivity contribution in [2.45, 2.75) is 43.9 Å². The summed E-state index contributed by atoms with van der Waals surface area (Å²) in [7, 11) is 0. The lowest BCUT2D eigenvalue weighted by Crippen LogP contribution is -2.44. The lowest BCUT2D eigenvalue weighted by atomic mass is 9.91. The predicted molar refractivity (Wildman–Crippen MR) is 97.1 cm³/mol. The van der Waals surface area contributed by atoms with Crippen LogP contribution in [0.2, 0.25) is 0 Å². The third kappa shape index (κ3) is 3.68. The van der Waals surface area contributed by atoms with E-state index in [2.05, 4.69) is 25.6 Å². The fourth-order valence-corrected chi connectivity index (χ4v) is 3.64. The predicted octanol–water partition coefficient (Wildman–Crippen LogP) is 2.93. The van der Waals surface area contributed by atoms with Gasteiger partial charge in [-0.1, -0.05) is 0 Å². The number of pyridine rings is 1. The SMILES string of the molecule is N[C@@H]1CCC[C@@H](NC2=C(F)CN=C(c3c[nH]c4ncc(C(F)(F)F)cc34)N2)C1. The van der Waals surface area contributed by atoms with Crippen molar-refractivity contribution >= 4 is 16.9 Å². The van der Waals surface area contributed by atoms with Gasteiger partial charge in [-0.3, -0.25) is 4.99 Å². The number of aromatic amines is 1. The summed E-state index contributed by atoms with van der Waals surface area (Å²) in [5.74, 6) is 0.0339. The molecule has 2 atom stereocenters. The molecule has 1 aliphatic carbocycles. The first-order valence-corrected chi connectivity index (χ1v) is 9.08. The number of halogens is 4. The van der Waals surface area contributed by atoms with Crippen LogP contribution in [0.25, 0.3) is 11.0 Å². The molecule has 1 saturated carbocycles. The van der Waals surface area contributed by atoms with Crippen LogP contribution in [0.4, 0.5) is 17.6 Å². The molecule has 0 aromatic carbocycles. The van der Waals surface area contributed by atoms with E-state index in [4.69, 9.17) is 5.73 Å². The van der Waals surface area contributed by atoms with E-state index < -0.39 is 17.6 Å². The van der Waals surface area contributed by atoms with Crippen molar-refractivity contribution < 1.29 is 17.6 Å². The summed E-state index contributed by atoms with van der Waals surface area (Å²) >= 11 is 0. The van der Waals surface area contributed by atoms with Crippen molar-refractivity contribution in [3.8, 4) is 0 Å². The first-order chi connectivity index (χ1) is 13.3. The fourth-order valence-electron chi connectivity index (χ4n) is 3.64. The van der Waals surface area contributed by atoms with Gasteiger partial charge in [-0.05, 0) is 31.7 Å². The molecule has 0 bridgehead atoms. The Bertz CT molecular complexity index is 945. The van der Waals surface area contributed by atoms with E-state index in [0.29, 0.717) is 11.2 Å². The molecule has 2 aliphatic rings. The number of nitrogens with two attached hydrogens (primary N) is 1. The minimum atomic E-state index is -4.50. The summed E-state index contributed by atoms with van der Waals surface area (Å²) in [6, 6.07) is 1.13. The Balaban J connectivity index is 1.58. The zero-order valence-corrected chi connectivity index (χ0v) is 14.9. The standard InChI is InChI=1S/C18H20F4N6/c19-14-8-26-16(28-17(14)27-11-3-1-2-10(23)5-11)13-7-25-15-12(13)4-9(6-24-15)18(20,21)22/h4,6-7,10-11,27H,1-3,5,8,23H2,(H,24,25)(H,26,28)/t10-,11-/m1/s1. The maximum Gasteiger partial charge on any atom is 0.417 e. The first-order valence-electron chi connectivity index (χ1n) is 9.08. The highest BCUT2D eigenvalue weighted by molar-refractivity contribution is 6.10. The number of hydrogen-bond donors (Lipinski definition) is 4.